The number of carboxylic acids is 1. The van der Waals surface area contributed by atoms with Crippen molar-refractivity contribution in [2.45, 2.75) is 0 Å². The number of carboxylic acid groups (broad SMARTS) is 1. The number of halogens is 1. The highest BCUT2D eigenvalue weighted by atomic mass is 35.5. The second-order valence-corrected chi connectivity index (χ2v) is 4.29. The van der Waals surface area contributed by atoms with Crippen LogP contribution in [0.15, 0.2) is 12.1 Å². The Hall–Kier alpha value is -1.33. The van der Waals surface area contributed by atoms with Crippen molar-refractivity contribution in [1.82, 2.24) is 4.98 Å². The maximum Gasteiger partial charge on any atom is 0.337 e. The summed E-state index contributed by atoms with van der Waals surface area (Å²) in [5.41, 5.74) is 6.45. The summed E-state index contributed by atoms with van der Waals surface area (Å²) in [5.74, 6) is -1.05. The Morgan fingerprint density at radius 3 is 2.93 bits per heavy atom. The Morgan fingerprint density at radius 2 is 2.29 bits per heavy atom. The molecule has 0 bridgehead atoms. The number of aromatic nitrogens is 1. The molecule has 0 amide bonds. The zero-order valence-electron chi connectivity index (χ0n) is 6.82. The number of carbonyl (C=O) groups is 1. The number of nitrogens with two attached hydrogens (primary N) is 1. The molecule has 0 atom stereocenters. The van der Waals surface area contributed by atoms with Gasteiger partial charge in [-0.2, -0.15) is 0 Å². The van der Waals surface area contributed by atoms with Crippen LogP contribution in [-0.4, -0.2) is 16.1 Å². The predicted octanol–water partition coefficient (Wildman–Crippen LogP) is 2.23. The van der Waals surface area contributed by atoms with E-state index in [-0.39, 0.29) is 11.3 Å². The number of nitrogens with zero attached hydrogens (tertiary/aromatic N) is 1. The smallest absolute Gasteiger partial charge is 0.337 e. The molecule has 3 N–H and O–H groups in total. The molecular weight excluding hydrogens is 224 g/mol. The monoisotopic (exact) mass is 228 g/mol. The number of rotatable bonds is 1. The standard InChI is InChI=1S/C8H5ClN2O2S/c9-8-11-5-2-4(10)3(7(12)13)1-6(5)14-8/h1-2H,10H2,(H,12,13). The van der Waals surface area contributed by atoms with Crippen molar-refractivity contribution in [2.75, 3.05) is 5.73 Å². The van der Waals surface area contributed by atoms with E-state index >= 15 is 0 Å². The summed E-state index contributed by atoms with van der Waals surface area (Å²) in [6.45, 7) is 0. The Morgan fingerprint density at radius 1 is 1.57 bits per heavy atom. The van der Waals surface area contributed by atoms with E-state index in [2.05, 4.69) is 4.98 Å². The third-order valence-electron chi connectivity index (χ3n) is 1.76. The zero-order chi connectivity index (χ0) is 10.3. The van der Waals surface area contributed by atoms with Crippen molar-refractivity contribution in [1.29, 1.82) is 0 Å². The van der Waals surface area contributed by atoms with Gasteiger partial charge in [0.2, 0.25) is 0 Å². The van der Waals surface area contributed by atoms with Crippen molar-refractivity contribution in [3.8, 4) is 0 Å². The average molecular weight is 229 g/mol. The molecular formula is C8H5ClN2O2S. The van der Waals surface area contributed by atoms with E-state index in [4.69, 9.17) is 22.4 Å². The number of aromatic carboxylic acids is 1. The summed E-state index contributed by atoms with van der Waals surface area (Å²) in [6.07, 6.45) is 0. The van der Waals surface area contributed by atoms with Gasteiger partial charge in [0.15, 0.2) is 4.47 Å². The highest BCUT2D eigenvalue weighted by Gasteiger charge is 2.11. The minimum Gasteiger partial charge on any atom is -0.478 e. The lowest BCUT2D eigenvalue weighted by Crippen LogP contribution is -2.01. The van der Waals surface area contributed by atoms with Gasteiger partial charge in [0.05, 0.1) is 15.8 Å². The van der Waals surface area contributed by atoms with Gasteiger partial charge in [-0.1, -0.05) is 11.6 Å². The lowest BCUT2D eigenvalue weighted by atomic mass is 10.2. The highest BCUT2D eigenvalue weighted by Crippen LogP contribution is 2.29. The van der Waals surface area contributed by atoms with Crippen molar-refractivity contribution >= 4 is 44.8 Å². The second kappa shape index (κ2) is 3.11. The molecule has 2 rings (SSSR count). The van der Waals surface area contributed by atoms with Crippen molar-refractivity contribution < 1.29 is 9.90 Å². The number of anilines is 1. The molecule has 4 nitrogen and oxygen atoms in total. The predicted molar refractivity (Wildman–Crippen MR) is 56.0 cm³/mol. The van der Waals surface area contributed by atoms with Gasteiger partial charge in [-0.05, 0) is 12.1 Å². The van der Waals surface area contributed by atoms with Gasteiger partial charge in [0.1, 0.15) is 0 Å². The van der Waals surface area contributed by atoms with E-state index < -0.39 is 5.97 Å². The first-order valence-corrected chi connectivity index (χ1v) is 4.86. The molecule has 1 aromatic carbocycles. The molecule has 14 heavy (non-hydrogen) atoms. The Balaban J connectivity index is 2.76. The fourth-order valence-corrected chi connectivity index (χ4v) is 2.20. The molecule has 1 aromatic heterocycles. The van der Waals surface area contributed by atoms with Crippen LogP contribution >= 0.6 is 22.9 Å². The largest absolute Gasteiger partial charge is 0.478 e. The molecule has 0 saturated heterocycles. The van der Waals surface area contributed by atoms with E-state index in [1.807, 2.05) is 0 Å². The molecule has 0 aliphatic carbocycles. The number of thiazole rings is 1. The first-order chi connectivity index (χ1) is 6.58. The number of nitrogen functional groups attached to an aromatic ring is 1. The minimum absolute atomic E-state index is 0.0813. The minimum atomic E-state index is -1.05. The van der Waals surface area contributed by atoms with Gasteiger partial charge in [0, 0.05) is 5.69 Å². The number of benzene rings is 1. The molecule has 0 aliphatic heterocycles. The molecule has 1 heterocycles. The Kier molecular flexibility index (Phi) is 2.05. The van der Waals surface area contributed by atoms with Gasteiger partial charge >= 0.3 is 5.97 Å². The first-order valence-electron chi connectivity index (χ1n) is 3.67. The summed E-state index contributed by atoms with van der Waals surface area (Å²) in [4.78, 5) is 14.7. The lowest BCUT2D eigenvalue weighted by molar-refractivity contribution is 0.0698. The Labute approximate surface area is 87.9 Å². The van der Waals surface area contributed by atoms with Crippen LogP contribution in [0.25, 0.3) is 10.2 Å². The topological polar surface area (TPSA) is 76.2 Å². The SMILES string of the molecule is Nc1cc2nc(Cl)sc2cc1C(=O)O. The molecule has 0 spiro atoms. The van der Waals surface area contributed by atoms with Crippen LogP contribution in [0.5, 0.6) is 0 Å². The highest BCUT2D eigenvalue weighted by molar-refractivity contribution is 7.22. The van der Waals surface area contributed by atoms with Gasteiger partial charge in [-0.3, -0.25) is 0 Å². The second-order valence-electron chi connectivity index (χ2n) is 2.68. The average Bonchev–Trinajstić information content (AvgIpc) is 2.42. The van der Waals surface area contributed by atoms with E-state index in [9.17, 15) is 4.79 Å². The summed E-state index contributed by atoms with van der Waals surface area (Å²) in [6, 6.07) is 3.00. The fourth-order valence-electron chi connectivity index (χ4n) is 1.15. The number of fused-ring (bicyclic) bond motifs is 1. The van der Waals surface area contributed by atoms with Gasteiger partial charge in [-0.25, -0.2) is 9.78 Å². The fraction of sp³-hybridized carbons (Fsp3) is 0. The molecule has 0 unspecified atom stereocenters. The molecule has 72 valence electrons. The van der Waals surface area contributed by atoms with Gasteiger partial charge in [-0.15, -0.1) is 11.3 Å². The van der Waals surface area contributed by atoms with Crippen LogP contribution in [-0.2, 0) is 0 Å². The van der Waals surface area contributed by atoms with E-state index in [1.54, 1.807) is 0 Å². The molecule has 6 heteroatoms. The maximum atomic E-state index is 10.7. The summed E-state index contributed by atoms with van der Waals surface area (Å²) >= 11 is 6.91. The lowest BCUT2D eigenvalue weighted by Gasteiger charge is -1.98. The van der Waals surface area contributed by atoms with Crippen LogP contribution in [0.3, 0.4) is 0 Å². The normalized spacial score (nSPS) is 10.6. The summed E-state index contributed by atoms with van der Waals surface area (Å²) in [7, 11) is 0. The maximum absolute atomic E-state index is 10.7. The van der Waals surface area contributed by atoms with Crippen LogP contribution < -0.4 is 5.73 Å². The quantitative estimate of drug-likeness (QED) is 0.734. The summed E-state index contributed by atoms with van der Waals surface area (Å²) in [5, 5.41) is 8.80. The van der Waals surface area contributed by atoms with Gasteiger partial charge < -0.3 is 10.8 Å². The van der Waals surface area contributed by atoms with Crippen molar-refractivity contribution in [3.63, 3.8) is 0 Å². The van der Waals surface area contributed by atoms with Crippen LogP contribution in [0.1, 0.15) is 10.4 Å². The molecule has 0 radical (unpaired) electrons. The molecule has 2 aromatic rings. The number of hydrogen-bond donors (Lipinski definition) is 2. The first kappa shape index (κ1) is 9.23. The van der Waals surface area contributed by atoms with E-state index in [0.29, 0.717) is 9.98 Å². The molecule has 0 aliphatic rings. The third kappa shape index (κ3) is 1.40. The van der Waals surface area contributed by atoms with E-state index in [1.165, 1.54) is 23.5 Å². The Bertz CT molecular complexity index is 523. The van der Waals surface area contributed by atoms with Crippen molar-refractivity contribution in [2.24, 2.45) is 0 Å². The summed E-state index contributed by atoms with van der Waals surface area (Å²) < 4.78 is 1.10. The molecule has 0 saturated carbocycles. The van der Waals surface area contributed by atoms with E-state index in [0.717, 1.165) is 4.70 Å². The van der Waals surface area contributed by atoms with Gasteiger partial charge in [0.25, 0.3) is 0 Å². The zero-order valence-corrected chi connectivity index (χ0v) is 8.39. The van der Waals surface area contributed by atoms with Crippen molar-refractivity contribution in [3.05, 3.63) is 22.2 Å². The number of hydrogen-bond acceptors (Lipinski definition) is 4. The van der Waals surface area contributed by atoms with Crippen LogP contribution in [0.4, 0.5) is 5.69 Å². The van der Waals surface area contributed by atoms with Crippen LogP contribution in [0, 0.1) is 0 Å². The van der Waals surface area contributed by atoms with Crippen LogP contribution in [0.2, 0.25) is 4.47 Å². The molecule has 0 fully saturated rings. The third-order valence-corrected chi connectivity index (χ3v) is 2.89.